The minimum atomic E-state index is 0.499. The summed E-state index contributed by atoms with van der Waals surface area (Å²) in [6, 6.07) is 11.0. The summed E-state index contributed by atoms with van der Waals surface area (Å²) in [5, 5.41) is 7.18. The lowest BCUT2D eigenvalue weighted by molar-refractivity contribution is 0.325. The third-order valence-electron chi connectivity index (χ3n) is 3.59. The third-order valence-corrected chi connectivity index (χ3v) is 3.59. The maximum atomic E-state index is 5.81. The molecule has 0 bridgehead atoms. The van der Waals surface area contributed by atoms with Crippen molar-refractivity contribution in [2.45, 2.75) is 0 Å². The van der Waals surface area contributed by atoms with Crippen LogP contribution in [0.5, 0.6) is 17.2 Å². The van der Waals surface area contributed by atoms with E-state index in [0.29, 0.717) is 34.6 Å². The number of hydrogen-bond donors (Lipinski definition) is 2. The van der Waals surface area contributed by atoms with Gasteiger partial charge >= 0.3 is 0 Å². The van der Waals surface area contributed by atoms with Crippen molar-refractivity contribution in [3.05, 3.63) is 36.4 Å². The van der Waals surface area contributed by atoms with Gasteiger partial charge < -0.3 is 19.9 Å². The number of anilines is 1. The van der Waals surface area contributed by atoms with Gasteiger partial charge in [-0.25, -0.2) is 4.98 Å². The maximum absolute atomic E-state index is 5.81. The van der Waals surface area contributed by atoms with Crippen LogP contribution in [0.2, 0.25) is 0 Å². The van der Waals surface area contributed by atoms with E-state index in [4.69, 9.17) is 19.9 Å². The Labute approximate surface area is 139 Å². The van der Waals surface area contributed by atoms with Gasteiger partial charge in [0.2, 0.25) is 5.75 Å². The molecule has 24 heavy (non-hydrogen) atoms. The Hall–Kier alpha value is -3.22. The Balaban J connectivity index is 2.07. The number of benzene rings is 2. The number of nitrogens with zero attached hydrogens (tertiary/aromatic N) is 2. The highest BCUT2D eigenvalue weighted by atomic mass is 16.5. The molecule has 0 saturated carbocycles. The van der Waals surface area contributed by atoms with Crippen LogP contribution < -0.4 is 19.9 Å². The molecule has 0 atom stereocenters. The highest BCUT2D eigenvalue weighted by molar-refractivity contribution is 5.73. The number of nitrogens with one attached hydrogen (secondary N) is 1. The molecular weight excluding hydrogens is 308 g/mol. The summed E-state index contributed by atoms with van der Waals surface area (Å²) in [5.74, 6) is 2.71. The van der Waals surface area contributed by atoms with Gasteiger partial charge in [-0.2, -0.15) is 5.10 Å². The molecule has 0 aliphatic carbocycles. The van der Waals surface area contributed by atoms with Gasteiger partial charge in [-0.15, -0.1) is 0 Å². The van der Waals surface area contributed by atoms with E-state index in [1.54, 1.807) is 27.4 Å². The molecular formula is C17H18N4O3. The van der Waals surface area contributed by atoms with E-state index in [1.165, 1.54) is 0 Å². The van der Waals surface area contributed by atoms with Crippen molar-refractivity contribution in [3.63, 3.8) is 0 Å². The first-order valence-corrected chi connectivity index (χ1v) is 7.25. The second-order valence-corrected chi connectivity index (χ2v) is 5.01. The highest BCUT2D eigenvalue weighted by Gasteiger charge is 2.19. The van der Waals surface area contributed by atoms with Crippen molar-refractivity contribution in [3.8, 4) is 40.0 Å². The number of nitrogen functional groups attached to an aromatic ring is 1. The Kier molecular flexibility index (Phi) is 4.24. The fourth-order valence-electron chi connectivity index (χ4n) is 2.48. The second kappa shape index (κ2) is 6.49. The normalized spacial score (nSPS) is 10.5. The lowest BCUT2D eigenvalue weighted by Crippen LogP contribution is -1.97. The quantitative estimate of drug-likeness (QED) is 0.700. The molecule has 1 aromatic heterocycles. The summed E-state index contributed by atoms with van der Waals surface area (Å²) in [5.41, 5.74) is 8.02. The number of rotatable bonds is 5. The number of aromatic amines is 1. The fourth-order valence-corrected chi connectivity index (χ4v) is 2.48. The van der Waals surface area contributed by atoms with Crippen molar-refractivity contribution >= 4 is 5.69 Å². The molecule has 0 spiro atoms. The monoisotopic (exact) mass is 326 g/mol. The predicted molar refractivity (Wildman–Crippen MR) is 91.3 cm³/mol. The van der Waals surface area contributed by atoms with E-state index in [0.717, 1.165) is 11.1 Å². The number of nitrogens with two attached hydrogens (primary N) is 1. The van der Waals surface area contributed by atoms with Gasteiger partial charge in [0.1, 0.15) is 0 Å². The molecule has 0 saturated heterocycles. The van der Waals surface area contributed by atoms with Crippen LogP contribution >= 0.6 is 0 Å². The second-order valence-electron chi connectivity index (χ2n) is 5.01. The van der Waals surface area contributed by atoms with Crippen LogP contribution in [0.25, 0.3) is 22.8 Å². The van der Waals surface area contributed by atoms with E-state index in [-0.39, 0.29) is 0 Å². The Morgan fingerprint density at radius 1 is 0.958 bits per heavy atom. The summed E-state index contributed by atoms with van der Waals surface area (Å²) in [7, 11) is 4.70. The molecule has 2 aromatic carbocycles. The van der Waals surface area contributed by atoms with Crippen LogP contribution in [0.15, 0.2) is 36.4 Å². The molecule has 3 N–H and O–H groups in total. The molecule has 3 aromatic rings. The molecule has 124 valence electrons. The minimum Gasteiger partial charge on any atom is -0.493 e. The first kappa shape index (κ1) is 15.7. The van der Waals surface area contributed by atoms with E-state index in [2.05, 4.69) is 15.2 Å². The van der Waals surface area contributed by atoms with Gasteiger partial charge in [-0.3, -0.25) is 5.10 Å². The van der Waals surface area contributed by atoms with Crippen molar-refractivity contribution in [2.75, 3.05) is 27.1 Å². The Bertz CT molecular complexity index is 861. The van der Waals surface area contributed by atoms with E-state index < -0.39 is 0 Å². The van der Waals surface area contributed by atoms with E-state index >= 15 is 0 Å². The predicted octanol–water partition coefficient (Wildman–Crippen LogP) is 2.75. The molecule has 0 aliphatic rings. The highest BCUT2D eigenvalue weighted by Crippen LogP contribution is 2.43. The van der Waals surface area contributed by atoms with Crippen LogP contribution in [0.4, 0.5) is 5.69 Å². The maximum Gasteiger partial charge on any atom is 0.204 e. The number of aromatic nitrogens is 3. The lowest BCUT2D eigenvalue weighted by atomic mass is 10.1. The zero-order valence-electron chi connectivity index (χ0n) is 13.7. The Morgan fingerprint density at radius 3 is 2.42 bits per heavy atom. The molecule has 0 radical (unpaired) electrons. The van der Waals surface area contributed by atoms with Crippen LogP contribution in [0.3, 0.4) is 0 Å². The SMILES string of the molecule is COc1ccc(-c2nc(-c3cccc(N)c3)n[nH]2)c(OC)c1OC. The van der Waals surface area contributed by atoms with E-state index in [9.17, 15) is 0 Å². The van der Waals surface area contributed by atoms with Gasteiger partial charge in [0, 0.05) is 11.3 Å². The zero-order chi connectivity index (χ0) is 17.1. The van der Waals surface area contributed by atoms with Crippen LogP contribution in [0.1, 0.15) is 0 Å². The summed E-state index contributed by atoms with van der Waals surface area (Å²) in [6.45, 7) is 0. The van der Waals surface area contributed by atoms with Gasteiger partial charge in [-0.1, -0.05) is 12.1 Å². The Morgan fingerprint density at radius 2 is 1.75 bits per heavy atom. The van der Waals surface area contributed by atoms with Crippen molar-refractivity contribution in [1.29, 1.82) is 0 Å². The standard InChI is InChI=1S/C17H18N4O3/c1-22-13-8-7-12(14(23-2)15(13)24-3)17-19-16(20-21-17)10-5-4-6-11(18)9-10/h4-9H,18H2,1-3H3,(H,19,20,21). The topological polar surface area (TPSA) is 95.3 Å². The van der Waals surface area contributed by atoms with Crippen LogP contribution in [0, 0.1) is 0 Å². The molecule has 7 nitrogen and oxygen atoms in total. The number of methoxy groups -OCH3 is 3. The molecule has 1 heterocycles. The summed E-state index contributed by atoms with van der Waals surface area (Å²) in [6.07, 6.45) is 0. The van der Waals surface area contributed by atoms with Crippen LogP contribution in [-0.2, 0) is 0 Å². The van der Waals surface area contributed by atoms with Gasteiger partial charge in [0.15, 0.2) is 23.1 Å². The molecule has 0 aliphatic heterocycles. The summed E-state index contributed by atoms with van der Waals surface area (Å²) < 4.78 is 16.2. The average molecular weight is 326 g/mol. The molecule has 3 rings (SSSR count). The van der Waals surface area contributed by atoms with Gasteiger partial charge in [0.25, 0.3) is 0 Å². The third kappa shape index (κ3) is 2.71. The molecule has 7 heteroatoms. The summed E-state index contributed by atoms with van der Waals surface area (Å²) in [4.78, 5) is 4.53. The molecule has 0 fully saturated rings. The first-order chi connectivity index (χ1) is 11.7. The van der Waals surface area contributed by atoms with Crippen molar-refractivity contribution < 1.29 is 14.2 Å². The largest absolute Gasteiger partial charge is 0.493 e. The van der Waals surface area contributed by atoms with Gasteiger partial charge in [0.05, 0.1) is 26.9 Å². The lowest BCUT2D eigenvalue weighted by Gasteiger charge is -2.14. The minimum absolute atomic E-state index is 0.499. The number of ether oxygens (including phenoxy) is 3. The zero-order valence-corrected chi connectivity index (χ0v) is 13.7. The first-order valence-electron chi connectivity index (χ1n) is 7.25. The van der Waals surface area contributed by atoms with E-state index in [1.807, 2.05) is 30.3 Å². The summed E-state index contributed by atoms with van der Waals surface area (Å²) >= 11 is 0. The van der Waals surface area contributed by atoms with Crippen molar-refractivity contribution in [2.24, 2.45) is 0 Å². The smallest absolute Gasteiger partial charge is 0.204 e. The fraction of sp³-hybridized carbons (Fsp3) is 0.176. The number of H-pyrrole nitrogens is 1. The number of hydrogen-bond acceptors (Lipinski definition) is 6. The molecule has 0 amide bonds. The molecule has 0 unspecified atom stereocenters. The van der Waals surface area contributed by atoms with Crippen LogP contribution in [-0.4, -0.2) is 36.5 Å². The van der Waals surface area contributed by atoms with Crippen molar-refractivity contribution in [1.82, 2.24) is 15.2 Å². The average Bonchev–Trinajstić information content (AvgIpc) is 3.10. The van der Waals surface area contributed by atoms with Gasteiger partial charge in [-0.05, 0) is 24.3 Å².